The molecule has 29 heavy (non-hydrogen) atoms. The molecule has 3 amide bonds. The second-order valence-corrected chi connectivity index (χ2v) is 8.11. The third-order valence-electron chi connectivity index (χ3n) is 4.79. The molecule has 1 unspecified atom stereocenters. The molecule has 8 heteroatoms. The summed E-state index contributed by atoms with van der Waals surface area (Å²) in [5.74, 6) is 0.0996. The van der Waals surface area contributed by atoms with Crippen LogP contribution in [-0.2, 0) is 9.59 Å². The number of ether oxygens (including phenoxy) is 1. The highest BCUT2D eigenvalue weighted by Gasteiger charge is 2.29. The average molecular weight is 416 g/mol. The molecular weight excluding hydrogens is 390 g/mol. The summed E-state index contributed by atoms with van der Waals surface area (Å²) < 4.78 is 5.43. The zero-order valence-electron chi connectivity index (χ0n) is 16.6. The number of piperidine rings is 1. The summed E-state index contributed by atoms with van der Waals surface area (Å²) in [4.78, 5) is 40.7. The summed E-state index contributed by atoms with van der Waals surface area (Å²) in [6.45, 7) is 1.07. The number of nitrogens with zero attached hydrogens (tertiary/aromatic N) is 2. The Balaban J connectivity index is 1.53. The van der Waals surface area contributed by atoms with Crippen LogP contribution in [-0.4, -0.2) is 61.3 Å². The first kappa shape index (κ1) is 20.9. The number of hydrogen-bond acceptors (Lipinski definition) is 5. The van der Waals surface area contributed by atoms with Crippen molar-refractivity contribution in [3.05, 3.63) is 46.7 Å². The molecular formula is C21H25N3O4S. The Labute approximate surface area is 174 Å². The Morgan fingerprint density at radius 3 is 2.62 bits per heavy atom. The van der Waals surface area contributed by atoms with Crippen LogP contribution in [0.4, 0.5) is 5.69 Å². The van der Waals surface area contributed by atoms with Gasteiger partial charge in [0.2, 0.25) is 5.91 Å². The van der Waals surface area contributed by atoms with Gasteiger partial charge in [-0.1, -0.05) is 6.07 Å². The summed E-state index contributed by atoms with van der Waals surface area (Å²) in [6, 6.07) is 10.6. The minimum Gasteiger partial charge on any atom is -0.484 e. The number of likely N-dealkylation sites (tertiary alicyclic amines) is 1. The number of nitrogens with one attached hydrogen (secondary N) is 1. The number of rotatable bonds is 6. The van der Waals surface area contributed by atoms with Gasteiger partial charge in [0.15, 0.2) is 6.61 Å². The summed E-state index contributed by atoms with van der Waals surface area (Å²) in [7, 11) is 3.34. The second kappa shape index (κ2) is 9.56. The van der Waals surface area contributed by atoms with E-state index in [9.17, 15) is 14.4 Å². The van der Waals surface area contributed by atoms with E-state index in [0.717, 1.165) is 12.8 Å². The van der Waals surface area contributed by atoms with Crippen molar-refractivity contribution in [3.8, 4) is 5.75 Å². The smallest absolute Gasteiger partial charge is 0.263 e. The highest BCUT2D eigenvalue weighted by molar-refractivity contribution is 7.12. The van der Waals surface area contributed by atoms with Gasteiger partial charge in [-0.05, 0) is 48.6 Å². The molecule has 1 aromatic carbocycles. The number of likely N-dealkylation sites (N-methyl/N-ethyl adjacent to an activating group) is 1. The highest BCUT2D eigenvalue weighted by Crippen LogP contribution is 2.23. The molecule has 1 atom stereocenters. The van der Waals surface area contributed by atoms with E-state index in [1.54, 1.807) is 43.3 Å². The molecule has 2 heterocycles. The monoisotopic (exact) mass is 415 g/mol. The van der Waals surface area contributed by atoms with Gasteiger partial charge in [-0.15, -0.1) is 11.3 Å². The van der Waals surface area contributed by atoms with Gasteiger partial charge < -0.3 is 19.9 Å². The van der Waals surface area contributed by atoms with Crippen LogP contribution in [0, 0.1) is 5.92 Å². The van der Waals surface area contributed by atoms with E-state index in [2.05, 4.69) is 5.32 Å². The van der Waals surface area contributed by atoms with Crippen LogP contribution in [0.1, 0.15) is 22.5 Å². The standard InChI is InChI=1S/C21H25N3O4S/c1-23(2)19(25)14-28-17-9-7-16(8-10-17)22-20(26)15-5-3-11-24(13-15)21(27)18-6-4-12-29-18/h4,6-10,12,15H,3,5,11,13-14H2,1-2H3,(H,22,26). The third-order valence-corrected chi connectivity index (χ3v) is 5.65. The first-order chi connectivity index (χ1) is 13.9. The lowest BCUT2D eigenvalue weighted by atomic mass is 9.97. The van der Waals surface area contributed by atoms with Gasteiger partial charge >= 0.3 is 0 Å². The first-order valence-corrected chi connectivity index (χ1v) is 10.4. The largest absolute Gasteiger partial charge is 0.484 e. The molecule has 1 N–H and O–H groups in total. The van der Waals surface area contributed by atoms with Gasteiger partial charge in [-0.25, -0.2) is 0 Å². The molecule has 2 aromatic rings. The minimum atomic E-state index is -0.235. The highest BCUT2D eigenvalue weighted by atomic mass is 32.1. The number of anilines is 1. The van der Waals surface area contributed by atoms with E-state index in [1.807, 2.05) is 17.5 Å². The molecule has 3 rings (SSSR count). The zero-order chi connectivity index (χ0) is 20.8. The Bertz CT molecular complexity index is 849. The predicted octanol–water partition coefficient (Wildman–Crippen LogP) is 2.71. The Hall–Kier alpha value is -2.87. The van der Waals surface area contributed by atoms with Crippen LogP contribution in [0.25, 0.3) is 0 Å². The van der Waals surface area contributed by atoms with Crippen LogP contribution in [0.5, 0.6) is 5.75 Å². The van der Waals surface area contributed by atoms with Crippen LogP contribution < -0.4 is 10.1 Å². The Morgan fingerprint density at radius 2 is 1.97 bits per heavy atom. The topological polar surface area (TPSA) is 79.0 Å². The molecule has 0 spiro atoms. The molecule has 1 aliphatic rings. The fraction of sp³-hybridized carbons (Fsp3) is 0.381. The fourth-order valence-electron chi connectivity index (χ4n) is 3.08. The van der Waals surface area contributed by atoms with Crippen LogP contribution in [0.2, 0.25) is 0 Å². The Morgan fingerprint density at radius 1 is 1.21 bits per heavy atom. The maximum Gasteiger partial charge on any atom is 0.263 e. The number of carbonyl (C=O) groups excluding carboxylic acids is 3. The van der Waals surface area contributed by atoms with E-state index < -0.39 is 0 Å². The number of benzene rings is 1. The van der Waals surface area contributed by atoms with Crippen molar-refractivity contribution < 1.29 is 19.1 Å². The molecule has 1 aromatic heterocycles. The van der Waals surface area contributed by atoms with Gasteiger partial charge in [-0.2, -0.15) is 0 Å². The molecule has 154 valence electrons. The lowest BCUT2D eigenvalue weighted by Crippen LogP contribution is -2.43. The zero-order valence-corrected chi connectivity index (χ0v) is 17.4. The predicted molar refractivity (Wildman–Crippen MR) is 112 cm³/mol. The molecule has 0 saturated carbocycles. The number of thiophene rings is 1. The normalized spacial score (nSPS) is 16.2. The van der Waals surface area contributed by atoms with Crippen molar-refractivity contribution >= 4 is 34.7 Å². The minimum absolute atomic E-state index is 0.00808. The SMILES string of the molecule is CN(C)C(=O)COc1ccc(NC(=O)C2CCCN(C(=O)c3cccs3)C2)cc1. The van der Waals surface area contributed by atoms with Gasteiger partial charge in [0.05, 0.1) is 10.8 Å². The van der Waals surface area contributed by atoms with Crippen LogP contribution in [0.15, 0.2) is 41.8 Å². The van der Waals surface area contributed by atoms with Gasteiger partial charge in [-0.3, -0.25) is 14.4 Å². The number of carbonyl (C=O) groups is 3. The average Bonchev–Trinajstić information content (AvgIpc) is 3.27. The summed E-state index contributed by atoms with van der Waals surface area (Å²) in [6.07, 6.45) is 1.57. The van der Waals surface area contributed by atoms with Crippen LogP contribution >= 0.6 is 11.3 Å². The van der Waals surface area contributed by atoms with Crippen molar-refractivity contribution in [1.82, 2.24) is 9.80 Å². The maximum atomic E-state index is 12.7. The summed E-state index contributed by atoms with van der Waals surface area (Å²) >= 11 is 1.42. The van der Waals surface area contributed by atoms with E-state index in [1.165, 1.54) is 16.2 Å². The number of hydrogen-bond donors (Lipinski definition) is 1. The molecule has 0 bridgehead atoms. The first-order valence-electron chi connectivity index (χ1n) is 9.50. The molecule has 1 fully saturated rings. The lowest BCUT2D eigenvalue weighted by molar-refractivity contribution is -0.130. The van der Waals surface area contributed by atoms with E-state index >= 15 is 0 Å². The van der Waals surface area contributed by atoms with Gasteiger partial charge in [0.1, 0.15) is 5.75 Å². The Kier molecular flexibility index (Phi) is 6.87. The fourth-order valence-corrected chi connectivity index (χ4v) is 3.78. The van der Waals surface area contributed by atoms with Gasteiger partial charge in [0.25, 0.3) is 11.8 Å². The van der Waals surface area contributed by atoms with E-state index in [-0.39, 0.29) is 30.2 Å². The van der Waals surface area contributed by atoms with Crippen molar-refractivity contribution in [2.24, 2.45) is 5.92 Å². The van der Waals surface area contributed by atoms with E-state index in [0.29, 0.717) is 29.4 Å². The quantitative estimate of drug-likeness (QED) is 0.787. The molecule has 7 nitrogen and oxygen atoms in total. The van der Waals surface area contributed by atoms with Crippen molar-refractivity contribution in [1.29, 1.82) is 0 Å². The molecule has 0 radical (unpaired) electrons. The molecule has 1 aliphatic heterocycles. The molecule has 1 saturated heterocycles. The van der Waals surface area contributed by atoms with E-state index in [4.69, 9.17) is 4.74 Å². The third kappa shape index (κ3) is 5.57. The van der Waals surface area contributed by atoms with Gasteiger partial charge in [0, 0.05) is 32.9 Å². The summed E-state index contributed by atoms with van der Waals surface area (Å²) in [5.41, 5.74) is 0.656. The van der Waals surface area contributed by atoms with Crippen molar-refractivity contribution in [3.63, 3.8) is 0 Å². The van der Waals surface area contributed by atoms with Crippen molar-refractivity contribution in [2.75, 3.05) is 39.1 Å². The maximum absolute atomic E-state index is 12.7. The summed E-state index contributed by atoms with van der Waals surface area (Å²) in [5, 5.41) is 4.79. The second-order valence-electron chi connectivity index (χ2n) is 7.16. The lowest BCUT2D eigenvalue weighted by Gasteiger charge is -2.31. The van der Waals surface area contributed by atoms with Crippen LogP contribution in [0.3, 0.4) is 0 Å². The number of amides is 3. The van der Waals surface area contributed by atoms with Crippen molar-refractivity contribution in [2.45, 2.75) is 12.8 Å². The molecule has 0 aliphatic carbocycles.